The number of aromatic nitrogens is 3. The largest absolute Gasteiger partial charge is 0.465 e. The molecule has 0 spiro atoms. The van der Waals surface area contributed by atoms with Crippen LogP contribution in [0.4, 0.5) is 0 Å². The van der Waals surface area contributed by atoms with Crippen LogP contribution in [0.2, 0.25) is 0 Å². The van der Waals surface area contributed by atoms with E-state index in [1.165, 1.54) is 76.1 Å². The molecule has 15 nitrogen and oxygen atoms in total. The molecule has 0 bridgehead atoms. The highest BCUT2D eigenvalue weighted by molar-refractivity contribution is 9.11. The van der Waals surface area contributed by atoms with Crippen molar-refractivity contribution in [3.05, 3.63) is 81.5 Å². The highest BCUT2D eigenvalue weighted by atomic mass is 79.9. The van der Waals surface area contributed by atoms with Gasteiger partial charge in [0.25, 0.3) is 0 Å². The molecule has 0 amide bonds. The molecular weight excluding hydrogens is 1030 g/mol. The topological polar surface area (TPSA) is 207 Å². The first-order valence-electron chi connectivity index (χ1n) is 16.8. The molecule has 0 unspecified atom stereocenters. The van der Waals surface area contributed by atoms with Crippen molar-refractivity contribution in [2.24, 2.45) is 0 Å². The van der Waals surface area contributed by atoms with Crippen LogP contribution in [0.1, 0.15) is 68.9 Å². The number of hydrogen-bond donors (Lipinski definition) is 1. The summed E-state index contributed by atoms with van der Waals surface area (Å²) in [6, 6.07) is 5.65. The van der Waals surface area contributed by atoms with Gasteiger partial charge in [0.05, 0.1) is 75.3 Å². The summed E-state index contributed by atoms with van der Waals surface area (Å²) < 4.78 is 28.5. The van der Waals surface area contributed by atoms with Gasteiger partial charge in [-0.15, -0.1) is 34.0 Å². The van der Waals surface area contributed by atoms with E-state index in [2.05, 4.69) is 67.5 Å². The van der Waals surface area contributed by atoms with E-state index in [-0.39, 0.29) is 25.2 Å². The van der Waals surface area contributed by atoms with Crippen LogP contribution in [0.3, 0.4) is 0 Å². The van der Waals surface area contributed by atoms with Gasteiger partial charge in [-0.3, -0.25) is 29.3 Å². The average molecular weight is 1060 g/mol. The first kappa shape index (κ1) is 49.1. The predicted octanol–water partition coefficient (Wildman–Crippen LogP) is 8.58. The number of pyridine rings is 3. The van der Waals surface area contributed by atoms with Crippen molar-refractivity contribution in [1.29, 1.82) is 0 Å². The molecule has 0 aliphatic heterocycles. The zero-order chi connectivity index (χ0) is 44.0. The van der Waals surface area contributed by atoms with Crippen molar-refractivity contribution in [1.82, 2.24) is 15.0 Å². The van der Waals surface area contributed by atoms with E-state index in [9.17, 15) is 28.8 Å². The van der Waals surface area contributed by atoms with E-state index in [0.717, 1.165) is 44.6 Å². The van der Waals surface area contributed by atoms with Crippen LogP contribution in [0.5, 0.6) is 0 Å². The van der Waals surface area contributed by atoms with Gasteiger partial charge < -0.3 is 28.8 Å². The van der Waals surface area contributed by atoms with E-state index < -0.39 is 23.9 Å². The van der Waals surface area contributed by atoms with Gasteiger partial charge in [0, 0.05) is 86.9 Å². The van der Waals surface area contributed by atoms with E-state index in [0.29, 0.717) is 46.1 Å². The standard InChI is InChI=1S/C13H12BrNO4S.C11H10BrNO3S.C10H8BrNO2S.C4H6O3/c1-7(16)19-4-3-8-5-10(14)12-11(15-8)9(6-20-12)13(17)18-2;1-16-11(15)7-5-17-10-8(12)4-6(2-3-14)13-9(7)10;1-5-3-7(11)9-8(12-5)6(4-15-9)10(13)14-2;1-3(5)7-4(2)6/h5-6H,3-4H2,1-2H3;4-5,14H,2-3H2,1H3;3-4H,1-2H3;1-2H3. The summed E-state index contributed by atoms with van der Waals surface area (Å²) in [5.41, 5.74) is 5.74. The predicted molar refractivity (Wildman–Crippen MR) is 234 cm³/mol. The fourth-order valence-corrected chi connectivity index (χ4v) is 9.68. The van der Waals surface area contributed by atoms with Gasteiger partial charge in [-0.2, -0.15) is 0 Å². The van der Waals surface area contributed by atoms with Crippen LogP contribution in [0.15, 0.2) is 47.8 Å². The van der Waals surface area contributed by atoms with Crippen molar-refractivity contribution >= 4 is 148 Å². The van der Waals surface area contributed by atoms with Crippen LogP contribution >= 0.6 is 81.8 Å². The molecule has 0 aliphatic carbocycles. The molecule has 21 heteroatoms. The lowest BCUT2D eigenvalue weighted by Crippen LogP contribution is -2.05. The molecule has 0 aliphatic rings. The molecule has 6 heterocycles. The number of esters is 6. The molecule has 6 rings (SSSR count). The minimum absolute atomic E-state index is 0.0304. The Kier molecular flexibility index (Phi) is 19.6. The summed E-state index contributed by atoms with van der Waals surface area (Å²) in [4.78, 5) is 78.2. The lowest BCUT2D eigenvalue weighted by Gasteiger charge is -2.04. The van der Waals surface area contributed by atoms with Crippen LogP contribution in [0, 0.1) is 6.92 Å². The third kappa shape index (κ3) is 13.9. The maximum atomic E-state index is 11.7. The Morgan fingerprint density at radius 2 is 0.966 bits per heavy atom. The second-order valence-corrected chi connectivity index (χ2v) is 16.7. The third-order valence-electron chi connectivity index (χ3n) is 7.20. The van der Waals surface area contributed by atoms with Gasteiger partial charge in [-0.05, 0) is 72.9 Å². The second-order valence-electron chi connectivity index (χ2n) is 11.5. The fourth-order valence-electron chi connectivity index (χ4n) is 4.77. The van der Waals surface area contributed by atoms with Crippen LogP contribution in [-0.4, -0.2) is 90.4 Å². The number of carbonyl (C=O) groups excluding carboxylic acids is 6. The molecule has 6 aromatic heterocycles. The SMILES string of the molecule is CC(=O)OC(C)=O.COC(=O)c1csc2c(Br)cc(C)nc12.COC(=O)c1csc2c(Br)cc(CCO)nc12.COC(=O)c1csc2c(Br)cc(CCOC(C)=O)nc12. The first-order chi connectivity index (χ1) is 27.9. The van der Waals surface area contributed by atoms with E-state index in [4.69, 9.17) is 24.1 Å². The molecule has 0 atom stereocenters. The quantitative estimate of drug-likeness (QED) is 0.0860. The van der Waals surface area contributed by atoms with Crippen LogP contribution in [0.25, 0.3) is 30.6 Å². The summed E-state index contributed by atoms with van der Waals surface area (Å²) in [5, 5.41) is 14.1. The number of aliphatic hydroxyl groups excluding tert-OH is 1. The van der Waals surface area contributed by atoms with Gasteiger partial charge in [-0.25, -0.2) is 14.4 Å². The molecule has 0 fully saturated rings. The van der Waals surface area contributed by atoms with Crippen molar-refractivity contribution in [2.75, 3.05) is 34.5 Å². The number of aryl methyl sites for hydroxylation is 1. The number of nitrogens with zero attached hydrogens (tertiary/aromatic N) is 3. The van der Waals surface area contributed by atoms with Gasteiger partial charge in [0.1, 0.15) is 0 Å². The van der Waals surface area contributed by atoms with E-state index in [1.54, 1.807) is 16.1 Å². The fraction of sp³-hybridized carbons (Fsp3) is 0.289. The number of carbonyl (C=O) groups is 6. The van der Waals surface area contributed by atoms with Gasteiger partial charge in [-0.1, -0.05) is 0 Å². The lowest BCUT2D eigenvalue weighted by atomic mass is 10.2. The van der Waals surface area contributed by atoms with Crippen LogP contribution < -0.4 is 0 Å². The van der Waals surface area contributed by atoms with Gasteiger partial charge in [0.2, 0.25) is 0 Å². The Balaban J connectivity index is 0.000000221. The Morgan fingerprint density at radius 1 is 0.593 bits per heavy atom. The van der Waals surface area contributed by atoms with Crippen LogP contribution in [-0.2, 0) is 50.9 Å². The molecule has 0 radical (unpaired) electrons. The number of aliphatic hydroxyl groups is 1. The number of rotatable bonds is 8. The summed E-state index contributed by atoms with van der Waals surface area (Å²) in [5.74, 6) is -2.59. The smallest absolute Gasteiger partial charge is 0.340 e. The second kappa shape index (κ2) is 23.5. The molecular formula is C38H36Br3N3O12S3. The summed E-state index contributed by atoms with van der Waals surface area (Å²) in [6.45, 7) is 5.91. The molecule has 6 aromatic rings. The first-order valence-corrected chi connectivity index (χ1v) is 21.8. The average Bonchev–Trinajstić information content (AvgIpc) is 3.92. The molecule has 314 valence electrons. The Bertz CT molecular complexity index is 2490. The molecule has 59 heavy (non-hydrogen) atoms. The van der Waals surface area contributed by atoms with E-state index in [1.807, 2.05) is 25.1 Å². The highest BCUT2D eigenvalue weighted by Gasteiger charge is 2.19. The zero-order valence-corrected chi connectivity index (χ0v) is 39.6. The minimum Gasteiger partial charge on any atom is -0.465 e. The molecule has 0 aromatic carbocycles. The summed E-state index contributed by atoms with van der Waals surface area (Å²) in [6.07, 6.45) is 0.954. The minimum atomic E-state index is -0.562. The molecule has 0 saturated carbocycles. The molecule has 1 N–H and O–H groups in total. The maximum Gasteiger partial charge on any atom is 0.340 e. The number of ether oxygens (including phenoxy) is 5. The zero-order valence-electron chi connectivity index (χ0n) is 32.4. The Labute approximate surface area is 374 Å². The summed E-state index contributed by atoms with van der Waals surface area (Å²) in [7, 11) is 4.06. The third-order valence-corrected chi connectivity index (χ3v) is 12.9. The Morgan fingerprint density at radius 3 is 1.31 bits per heavy atom. The van der Waals surface area contributed by atoms with Crippen molar-refractivity contribution in [3.8, 4) is 0 Å². The number of hydrogen-bond acceptors (Lipinski definition) is 18. The molecule has 0 saturated heterocycles. The van der Waals surface area contributed by atoms with Gasteiger partial charge in [0.15, 0.2) is 0 Å². The van der Waals surface area contributed by atoms with Crippen molar-refractivity contribution in [3.63, 3.8) is 0 Å². The number of fused-ring (bicyclic) bond motifs is 3. The normalized spacial score (nSPS) is 10.3. The monoisotopic (exact) mass is 1060 g/mol. The maximum absolute atomic E-state index is 11.7. The Hall–Kier alpha value is -4.25. The summed E-state index contributed by atoms with van der Waals surface area (Å²) >= 11 is 14.7. The number of halogens is 3. The van der Waals surface area contributed by atoms with E-state index >= 15 is 0 Å². The number of methoxy groups -OCH3 is 3. The van der Waals surface area contributed by atoms with Gasteiger partial charge >= 0.3 is 35.8 Å². The highest BCUT2D eigenvalue weighted by Crippen LogP contribution is 2.34. The lowest BCUT2D eigenvalue weighted by molar-refractivity contribution is -0.156. The number of thiophene rings is 3. The van der Waals surface area contributed by atoms with Crippen molar-refractivity contribution in [2.45, 2.75) is 40.5 Å². The van der Waals surface area contributed by atoms with Crippen molar-refractivity contribution < 1.29 is 57.6 Å².